The predicted molar refractivity (Wildman–Crippen MR) is 386 cm³/mol. The zero-order valence-electron chi connectivity index (χ0n) is 59.6. The van der Waals surface area contributed by atoms with Crippen LogP contribution in [0.15, 0.2) is 195 Å². The number of anilines is 6. The van der Waals surface area contributed by atoms with Crippen LogP contribution in [0.5, 0.6) is 0 Å². The number of aromatic nitrogens is 2. The summed E-state index contributed by atoms with van der Waals surface area (Å²) in [7, 11) is 5.53. The van der Waals surface area contributed by atoms with Crippen LogP contribution in [0.25, 0.3) is 33.4 Å². The average Bonchev–Trinajstić information content (AvgIpc) is 0.800. The van der Waals surface area contributed by atoms with Crippen LogP contribution in [0.3, 0.4) is 0 Å². The molecule has 103 heavy (non-hydrogen) atoms. The van der Waals surface area contributed by atoms with E-state index < -0.39 is 53.0 Å². The molecule has 0 N–H and O–H groups in total. The molecule has 0 bridgehead atoms. The van der Waals surface area contributed by atoms with E-state index in [9.17, 15) is 67.1 Å². The zero-order chi connectivity index (χ0) is 76.2. The number of carbonyl (C=O) groups is 3. The molecule has 9 rings (SSSR count). The Morgan fingerprint density at radius 3 is 1.01 bits per heavy atom. The number of alkyl halides is 12. The van der Waals surface area contributed by atoms with Gasteiger partial charge in [0.15, 0.2) is 12.4 Å². The van der Waals surface area contributed by atoms with Crippen LogP contribution in [0.1, 0.15) is 145 Å². The first-order chi connectivity index (χ1) is 48.1. The molecule has 9 aromatic rings. The lowest BCUT2D eigenvalue weighted by molar-refractivity contribution is -0.671. The number of carbonyl (C=O) groups excluding carboxylic acids is 3. The van der Waals surface area contributed by atoms with Crippen molar-refractivity contribution in [1.82, 2.24) is 4.98 Å². The summed E-state index contributed by atoms with van der Waals surface area (Å²) in [6.45, 7) is 19.6. The molecule has 0 aliphatic heterocycles. The van der Waals surface area contributed by atoms with Crippen LogP contribution in [0.2, 0.25) is 5.02 Å². The minimum Gasteiger partial charge on any atom is -0.344 e. The van der Waals surface area contributed by atoms with Gasteiger partial charge in [-0.2, -0.15) is 52.7 Å². The highest BCUT2D eigenvalue weighted by molar-refractivity contribution is 6.30. The molecule has 3 unspecified atom stereocenters. The van der Waals surface area contributed by atoms with Crippen LogP contribution < -0.4 is 19.3 Å². The fourth-order valence-corrected chi connectivity index (χ4v) is 12.2. The second-order valence-corrected chi connectivity index (χ2v) is 27.4. The summed E-state index contributed by atoms with van der Waals surface area (Å²) in [5.74, 6) is -0.0941. The lowest BCUT2D eigenvalue weighted by Gasteiger charge is -2.26. The summed E-state index contributed by atoms with van der Waals surface area (Å²) >= 11 is 6.07. The maximum Gasteiger partial charge on any atom is 0.433 e. The minimum absolute atomic E-state index is 0.0573. The highest BCUT2D eigenvalue weighted by Crippen LogP contribution is 2.42. The van der Waals surface area contributed by atoms with Crippen LogP contribution in [-0.2, 0) is 46.1 Å². The van der Waals surface area contributed by atoms with Crippen molar-refractivity contribution >= 4 is 63.1 Å². The maximum atomic E-state index is 13.1. The van der Waals surface area contributed by atoms with Gasteiger partial charge < -0.3 is 14.7 Å². The smallest absolute Gasteiger partial charge is 0.344 e. The Morgan fingerprint density at radius 2 is 0.718 bits per heavy atom. The van der Waals surface area contributed by atoms with Gasteiger partial charge in [-0.15, -0.1) is 0 Å². The first kappa shape index (κ1) is 81.0. The van der Waals surface area contributed by atoms with Crippen molar-refractivity contribution in [2.45, 2.75) is 131 Å². The fourth-order valence-electron chi connectivity index (χ4n) is 12.0. The second-order valence-electron chi connectivity index (χ2n) is 27.0. The number of pyridine rings is 2. The third-order valence-corrected chi connectivity index (χ3v) is 17.8. The molecule has 0 radical (unpaired) electrons. The fraction of sp³-hybridized carbons (Fsp3) is 0.329. The highest BCUT2D eigenvalue weighted by Gasteiger charge is 2.35. The van der Waals surface area contributed by atoms with Crippen molar-refractivity contribution in [1.29, 1.82) is 0 Å². The summed E-state index contributed by atoms with van der Waals surface area (Å²) in [5, 5.41) is 0.632. The Morgan fingerprint density at radius 1 is 0.398 bits per heavy atom. The summed E-state index contributed by atoms with van der Waals surface area (Å²) in [4.78, 5) is 46.9. The number of halogens is 13. The Kier molecular flexibility index (Phi) is 27.0. The van der Waals surface area contributed by atoms with Gasteiger partial charge >= 0.3 is 24.7 Å². The maximum absolute atomic E-state index is 13.1. The summed E-state index contributed by atoms with van der Waals surface area (Å²) < 4.78 is 158. The molecule has 0 aliphatic carbocycles. The second kappa shape index (κ2) is 34.3. The molecule has 3 atom stereocenters. The Hall–Kier alpha value is -9.30. The van der Waals surface area contributed by atoms with Crippen LogP contribution >= 0.6 is 11.6 Å². The van der Waals surface area contributed by atoms with Crippen molar-refractivity contribution in [3.05, 3.63) is 239 Å². The first-order valence-electron chi connectivity index (χ1n) is 33.6. The highest BCUT2D eigenvalue weighted by atomic mass is 35.5. The number of Topliss-reactive ketones (excluding diaryl/α,β-unsaturated/α-hetero) is 3. The van der Waals surface area contributed by atoms with E-state index in [4.69, 9.17) is 11.6 Å². The number of benzene rings is 7. The Balaban J connectivity index is 0.000000216. The third kappa shape index (κ3) is 22.4. The SMILES string of the molecule is CC(=O)C(CC(C)C)c1cc(-c2ccc(C(F)(F)F)cc2)cc(N(C)c2cc[n+](C)cc2)c1.CC(=O)C(CC(C)C)c1cc(-c2ccc(C(F)(F)F)cc2)cc(N(C)c2ccc(C(F)(F)F)nc2)c1.CCN(c1ccc(Cl)cc1)c1cc(-c2ccc(C(F)(F)F)cc2)cc(C(CC(C)C)C(C)=O)c1. The van der Waals surface area contributed by atoms with Gasteiger partial charge in [-0.05, 0) is 224 Å². The topological polar surface area (TPSA) is 77.7 Å². The normalized spacial score (nSPS) is 12.8. The zero-order valence-corrected chi connectivity index (χ0v) is 60.4. The number of rotatable bonds is 22. The monoisotopic (exact) mass is 1450 g/mol. The van der Waals surface area contributed by atoms with Gasteiger partial charge in [-0.1, -0.05) is 108 Å². The van der Waals surface area contributed by atoms with Crippen LogP contribution in [-0.4, -0.2) is 43.0 Å². The molecule has 0 saturated carbocycles. The molecule has 0 spiro atoms. The number of hydrogen-bond donors (Lipinski definition) is 0. The van der Waals surface area contributed by atoms with Gasteiger partial charge in [0.05, 0.1) is 34.3 Å². The van der Waals surface area contributed by atoms with Crippen molar-refractivity contribution in [2.75, 3.05) is 35.3 Å². The van der Waals surface area contributed by atoms with E-state index in [1.807, 2.05) is 130 Å². The Labute approximate surface area is 600 Å². The summed E-state index contributed by atoms with van der Waals surface area (Å²) in [6.07, 6.45) is -10.9. The Bertz CT molecular complexity index is 4310. The molecule has 0 amide bonds. The van der Waals surface area contributed by atoms with Crippen LogP contribution in [0, 0.1) is 17.8 Å². The van der Waals surface area contributed by atoms with E-state index in [1.165, 1.54) is 49.4 Å². The summed E-state index contributed by atoms with van der Waals surface area (Å²) in [6, 6.07) is 45.7. The molecule has 546 valence electrons. The summed E-state index contributed by atoms with van der Waals surface area (Å²) in [5.41, 5.74) is 7.78. The van der Waals surface area contributed by atoms with Gasteiger partial charge in [0.2, 0.25) is 0 Å². The molecular formula is C82H85ClF12N5O3+. The minimum atomic E-state index is -4.57. The van der Waals surface area contributed by atoms with Crippen molar-refractivity contribution in [2.24, 2.45) is 24.8 Å². The van der Waals surface area contributed by atoms with Crippen molar-refractivity contribution in [3.63, 3.8) is 0 Å². The number of nitrogens with zero attached hydrogens (tertiary/aromatic N) is 5. The molecular weight excluding hydrogens is 1370 g/mol. The molecule has 0 aliphatic rings. The standard InChI is InChI=1S/C28H29ClF3NO.C27H26F6N2O.C27H30F3N2O/c1-5-33(25-12-10-24(29)11-13-25)26-16-21(20-6-8-23(9-7-20)28(30,31)32)15-22(17-26)27(19(4)34)14-18(2)3;1-16(2)11-24(17(3)36)20-12-19(18-5-7-21(8-6-18)26(28,29)30)13-23(14-20)35(4)22-9-10-25(34-15-22)27(31,32)33;1-18(2)14-26(19(3)33)22-15-21(20-6-8-23(9-7-20)27(28,29)30)16-25(17-22)32(5)24-10-12-31(4)13-11-24/h6-13,15-18,27H,5,14H2,1-4H3;5-10,12-16,24H,11H2,1-4H3;6-13,15-18,26H,14H2,1-5H3/q;;+1. The molecule has 0 saturated heterocycles. The lowest BCUT2D eigenvalue weighted by Crippen LogP contribution is -2.26. The van der Waals surface area contributed by atoms with Gasteiger partial charge in [0.25, 0.3) is 0 Å². The predicted octanol–water partition coefficient (Wildman–Crippen LogP) is 23.9. The number of aryl methyl sites for hydroxylation is 1. The van der Waals surface area contributed by atoms with E-state index in [-0.39, 0.29) is 35.1 Å². The van der Waals surface area contributed by atoms with Gasteiger partial charge in [0, 0.05) is 78.3 Å². The van der Waals surface area contributed by atoms with E-state index in [0.29, 0.717) is 81.9 Å². The number of ketones is 3. The largest absolute Gasteiger partial charge is 0.433 e. The molecule has 2 heterocycles. The van der Waals surface area contributed by atoms with Crippen molar-refractivity contribution in [3.8, 4) is 33.4 Å². The third-order valence-electron chi connectivity index (χ3n) is 17.6. The molecule has 0 fully saturated rings. The first-order valence-corrected chi connectivity index (χ1v) is 34.0. The average molecular weight is 1450 g/mol. The van der Waals surface area contributed by atoms with E-state index >= 15 is 0 Å². The molecule has 2 aromatic heterocycles. The lowest BCUT2D eigenvalue weighted by atomic mass is 9.85. The molecule has 7 aromatic carbocycles. The number of hydrogen-bond acceptors (Lipinski definition) is 7. The van der Waals surface area contributed by atoms with Gasteiger partial charge in [0.1, 0.15) is 30.1 Å². The van der Waals surface area contributed by atoms with E-state index in [2.05, 4.69) is 37.6 Å². The van der Waals surface area contributed by atoms with Gasteiger partial charge in [-0.25, -0.2) is 9.55 Å². The van der Waals surface area contributed by atoms with Gasteiger partial charge in [-0.3, -0.25) is 14.4 Å². The van der Waals surface area contributed by atoms with E-state index in [0.717, 1.165) is 93.7 Å². The molecule has 8 nitrogen and oxygen atoms in total. The quantitative estimate of drug-likeness (QED) is 0.0494. The van der Waals surface area contributed by atoms with Crippen molar-refractivity contribution < 1.29 is 71.6 Å². The van der Waals surface area contributed by atoms with Crippen LogP contribution in [0.4, 0.5) is 86.8 Å². The molecule has 21 heteroatoms. The van der Waals surface area contributed by atoms with E-state index in [1.54, 1.807) is 44.0 Å².